The summed E-state index contributed by atoms with van der Waals surface area (Å²) in [4.78, 5) is 3.97. The Morgan fingerprint density at radius 2 is 2.10 bits per heavy atom. The molecule has 0 saturated heterocycles. The lowest BCUT2D eigenvalue weighted by Crippen LogP contribution is -2.24. The maximum atomic E-state index is 12.3. The number of sulfonamides is 1. The number of hydrogen-bond donors (Lipinski definition) is 2. The molecule has 0 spiro atoms. The van der Waals surface area contributed by atoms with Gasteiger partial charge in [-0.25, -0.2) is 13.1 Å². The molecular weight excluding hydrogens is 280 g/mol. The van der Waals surface area contributed by atoms with Gasteiger partial charge in [0.15, 0.2) is 5.82 Å². The van der Waals surface area contributed by atoms with Crippen LogP contribution < -0.4 is 10.0 Å². The minimum atomic E-state index is -3.63. The van der Waals surface area contributed by atoms with Crippen molar-refractivity contribution in [2.75, 3.05) is 11.9 Å². The fourth-order valence-electron chi connectivity index (χ4n) is 1.61. The van der Waals surface area contributed by atoms with E-state index in [-0.39, 0.29) is 17.3 Å². The first-order chi connectivity index (χ1) is 9.63. The lowest BCUT2D eigenvalue weighted by Gasteiger charge is -2.12. The van der Waals surface area contributed by atoms with E-state index in [2.05, 4.69) is 24.7 Å². The fraction of sp³-hybridized carbons (Fsp3) is 0.333. The summed E-state index contributed by atoms with van der Waals surface area (Å²) < 4.78 is 31.5. The molecule has 108 valence electrons. The third-order valence-electron chi connectivity index (χ3n) is 2.57. The molecule has 0 bridgehead atoms. The molecule has 0 unspecified atom stereocenters. The van der Waals surface area contributed by atoms with Crippen LogP contribution in [0, 0.1) is 0 Å². The van der Waals surface area contributed by atoms with E-state index >= 15 is 0 Å². The lowest BCUT2D eigenvalue weighted by molar-refractivity contribution is 0.409. The van der Waals surface area contributed by atoms with E-state index in [0.717, 1.165) is 12.8 Å². The van der Waals surface area contributed by atoms with Gasteiger partial charge < -0.3 is 9.84 Å². The summed E-state index contributed by atoms with van der Waals surface area (Å²) in [6.45, 7) is 2.71. The quantitative estimate of drug-likeness (QED) is 0.801. The summed E-state index contributed by atoms with van der Waals surface area (Å²) in [7, 11) is -3.63. The molecule has 0 aliphatic heterocycles. The molecule has 1 aromatic carbocycles. The van der Waals surface area contributed by atoms with Crippen molar-refractivity contribution in [2.24, 2.45) is 0 Å². The molecular formula is C12H16N4O3S. The SMILES string of the molecule is CCCNc1ccccc1S(=O)(=O)NCc1ncon1. The van der Waals surface area contributed by atoms with Crippen molar-refractivity contribution in [2.45, 2.75) is 24.8 Å². The Bertz CT molecular complexity index is 640. The summed E-state index contributed by atoms with van der Waals surface area (Å²) in [5, 5.41) is 6.65. The van der Waals surface area contributed by atoms with Gasteiger partial charge in [-0.1, -0.05) is 24.2 Å². The zero-order chi connectivity index (χ0) is 14.4. The van der Waals surface area contributed by atoms with Gasteiger partial charge in [-0.3, -0.25) is 0 Å². The number of para-hydroxylation sites is 1. The third kappa shape index (κ3) is 3.55. The van der Waals surface area contributed by atoms with Crippen LogP contribution in [0.3, 0.4) is 0 Å². The van der Waals surface area contributed by atoms with Gasteiger partial charge in [-0.2, -0.15) is 4.98 Å². The highest BCUT2D eigenvalue weighted by Gasteiger charge is 2.18. The Labute approximate surface area is 117 Å². The number of benzene rings is 1. The van der Waals surface area contributed by atoms with Crippen molar-refractivity contribution in [3.63, 3.8) is 0 Å². The molecule has 1 aromatic heterocycles. The number of hydrogen-bond acceptors (Lipinski definition) is 6. The van der Waals surface area contributed by atoms with Crippen LogP contribution in [-0.2, 0) is 16.6 Å². The molecule has 1 heterocycles. The second-order valence-electron chi connectivity index (χ2n) is 4.09. The van der Waals surface area contributed by atoms with E-state index < -0.39 is 10.0 Å². The average Bonchev–Trinajstić information content (AvgIpc) is 2.97. The highest BCUT2D eigenvalue weighted by atomic mass is 32.2. The highest BCUT2D eigenvalue weighted by Crippen LogP contribution is 2.20. The molecule has 0 aliphatic carbocycles. The number of nitrogens with one attached hydrogen (secondary N) is 2. The molecule has 2 aromatic rings. The van der Waals surface area contributed by atoms with E-state index in [1.165, 1.54) is 0 Å². The van der Waals surface area contributed by atoms with Crippen LogP contribution in [-0.4, -0.2) is 25.1 Å². The number of aromatic nitrogens is 2. The molecule has 20 heavy (non-hydrogen) atoms. The number of anilines is 1. The molecule has 0 fully saturated rings. The Morgan fingerprint density at radius 1 is 1.30 bits per heavy atom. The summed E-state index contributed by atoms with van der Waals surface area (Å²) in [6.07, 6.45) is 2.06. The van der Waals surface area contributed by atoms with Crippen LogP contribution in [0.4, 0.5) is 5.69 Å². The Hall–Kier alpha value is -1.93. The van der Waals surface area contributed by atoms with E-state index in [0.29, 0.717) is 12.2 Å². The van der Waals surface area contributed by atoms with Gasteiger partial charge in [-0.05, 0) is 18.6 Å². The number of nitrogens with zero attached hydrogens (tertiary/aromatic N) is 2. The summed E-state index contributed by atoms with van der Waals surface area (Å²) in [5.74, 6) is 0.285. The van der Waals surface area contributed by atoms with Crippen LogP contribution in [0.15, 0.2) is 40.1 Å². The van der Waals surface area contributed by atoms with Gasteiger partial charge in [0, 0.05) is 6.54 Å². The summed E-state index contributed by atoms with van der Waals surface area (Å²) in [6, 6.07) is 6.76. The summed E-state index contributed by atoms with van der Waals surface area (Å²) >= 11 is 0. The minimum Gasteiger partial charge on any atom is -0.384 e. The van der Waals surface area contributed by atoms with Gasteiger partial charge in [0.25, 0.3) is 0 Å². The summed E-state index contributed by atoms with van der Waals surface area (Å²) in [5.41, 5.74) is 0.579. The highest BCUT2D eigenvalue weighted by molar-refractivity contribution is 7.89. The molecule has 0 amide bonds. The maximum Gasteiger partial charge on any atom is 0.243 e. The predicted molar refractivity (Wildman–Crippen MR) is 73.5 cm³/mol. The maximum absolute atomic E-state index is 12.3. The molecule has 2 rings (SSSR count). The van der Waals surface area contributed by atoms with E-state index in [1.54, 1.807) is 24.3 Å². The van der Waals surface area contributed by atoms with Crippen molar-refractivity contribution >= 4 is 15.7 Å². The molecule has 0 saturated carbocycles. The third-order valence-corrected chi connectivity index (χ3v) is 4.03. The zero-order valence-electron chi connectivity index (χ0n) is 11.0. The minimum absolute atomic E-state index is 0.0130. The molecule has 0 atom stereocenters. The van der Waals surface area contributed by atoms with E-state index in [4.69, 9.17) is 0 Å². The standard InChI is InChI=1S/C12H16N4O3S/c1-2-7-13-10-5-3-4-6-11(10)20(17,18)15-8-12-14-9-19-16-12/h3-6,9,13,15H,2,7-8H2,1H3. The first kappa shape index (κ1) is 14.5. The zero-order valence-corrected chi connectivity index (χ0v) is 11.9. The van der Waals surface area contributed by atoms with Gasteiger partial charge in [0.1, 0.15) is 4.90 Å². The van der Waals surface area contributed by atoms with Crippen LogP contribution in [0.1, 0.15) is 19.2 Å². The first-order valence-electron chi connectivity index (χ1n) is 6.21. The molecule has 0 radical (unpaired) electrons. The normalized spacial score (nSPS) is 11.4. The van der Waals surface area contributed by atoms with Crippen molar-refractivity contribution in [1.29, 1.82) is 0 Å². The van der Waals surface area contributed by atoms with Crippen molar-refractivity contribution in [3.05, 3.63) is 36.5 Å². The van der Waals surface area contributed by atoms with Crippen LogP contribution in [0.25, 0.3) is 0 Å². The van der Waals surface area contributed by atoms with Crippen LogP contribution >= 0.6 is 0 Å². The van der Waals surface area contributed by atoms with E-state index in [1.807, 2.05) is 6.92 Å². The van der Waals surface area contributed by atoms with Crippen molar-refractivity contribution in [3.8, 4) is 0 Å². The molecule has 0 aliphatic rings. The molecule has 8 heteroatoms. The smallest absolute Gasteiger partial charge is 0.243 e. The van der Waals surface area contributed by atoms with Gasteiger partial charge in [0.2, 0.25) is 16.4 Å². The average molecular weight is 296 g/mol. The molecule has 7 nitrogen and oxygen atoms in total. The lowest BCUT2D eigenvalue weighted by atomic mass is 10.3. The Balaban J connectivity index is 2.16. The largest absolute Gasteiger partial charge is 0.384 e. The van der Waals surface area contributed by atoms with Gasteiger partial charge in [0.05, 0.1) is 12.2 Å². The second kappa shape index (κ2) is 6.49. The first-order valence-corrected chi connectivity index (χ1v) is 7.69. The monoisotopic (exact) mass is 296 g/mol. The van der Waals surface area contributed by atoms with Gasteiger partial charge in [-0.15, -0.1) is 0 Å². The van der Waals surface area contributed by atoms with Crippen molar-refractivity contribution in [1.82, 2.24) is 14.9 Å². The fourth-order valence-corrected chi connectivity index (χ4v) is 2.78. The van der Waals surface area contributed by atoms with Gasteiger partial charge >= 0.3 is 0 Å². The topological polar surface area (TPSA) is 97.1 Å². The number of rotatable bonds is 7. The van der Waals surface area contributed by atoms with Crippen molar-refractivity contribution < 1.29 is 12.9 Å². The molecule has 2 N–H and O–H groups in total. The Morgan fingerprint density at radius 3 is 2.80 bits per heavy atom. The van der Waals surface area contributed by atoms with Crippen LogP contribution in [0.2, 0.25) is 0 Å². The second-order valence-corrected chi connectivity index (χ2v) is 5.83. The Kier molecular flexibility index (Phi) is 4.70. The van der Waals surface area contributed by atoms with Crippen LogP contribution in [0.5, 0.6) is 0 Å². The van der Waals surface area contributed by atoms with E-state index in [9.17, 15) is 8.42 Å². The predicted octanol–water partition coefficient (Wildman–Crippen LogP) is 1.37.